The van der Waals surface area contributed by atoms with Crippen molar-refractivity contribution in [2.45, 2.75) is 6.10 Å². The lowest BCUT2D eigenvalue weighted by atomic mass is 10.2. The number of cyclic esters (lactones) is 1. The number of hydrogen-bond donors (Lipinski definition) is 1. The lowest BCUT2D eigenvalue weighted by molar-refractivity contribution is 0.0920. The molecule has 0 spiro atoms. The SMILES string of the molecule is O=C(NC[C@H]1CN(c2ccc(-n3ccccc3=O)cc2)C(=O)O1)c1sccc1Cl. The van der Waals surface area contributed by atoms with Crippen LogP contribution in [0, 0.1) is 0 Å². The maximum absolute atomic E-state index is 12.2. The minimum absolute atomic E-state index is 0.137. The van der Waals surface area contributed by atoms with Gasteiger partial charge in [-0.15, -0.1) is 11.3 Å². The average Bonchev–Trinajstić information content (AvgIpc) is 3.32. The van der Waals surface area contributed by atoms with Crippen molar-refractivity contribution < 1.29 is 14.3 Å². The highest BCUT2D eigenvalue weighted by Gasteiger charge is 2.32. The van der Waals surface area contributed by atoms with Crippen LogP contribution in [0.2, 0.25) is 5.02 Å². The van der Waals surface area contributed by atoms with Gasteiger partial charge in [0.15, 0.2) is 0 Å². The number of nitrogens with one attached hydrogen (secondary N) is 1. The number of amides is 2. The smallest absolute Gasteiger partial charge is 0.414 e. The molecule has 2 aromatic heterocycles. The number of rotatable bonds is 5. The summed E-state index contributed by atoms with van der Waals surface area (Å²) in [6.45, 7) is 0.495. The van der Waals surface area contributed by atoms with Crippen molar-refractivity contribution in [2.24, 2.45) is 0 Å². The van der Waals surface area contributed by atoms with Crippen LogP contribution in [0.15, 0.2) is 64.9 Å². The number of hydrogen-bond acceptors (Lipinski definition) is 5. The summed E-state index contributed by atoms with van der Waals surface area (Å²) in [6, 6.07) is 13.6. The third-order valence-electron chi connectivity index (χ3n) is 4.45. The molecule has 4 rings (SSSR count). The maximum Gasteiger partial charge on any atom is 0.414 e. The average molecular weight is 430 g/mol. The van der Waals surface area contributed by atoms with Crippen molar-refractivity contribution in [2.75, 3.05) is 18.0 Å². The molecule has 0 bridgehead atoms. The molecule has 3 aromatic rings. The topological polar surface area (TPSA) is 80.6 Å². The molecule has 9 heteroatoms. The minimum Gasteiger partial charge on any atom is -0.442 e. The van der Waals surface area contributed by atoms with Crippen molar-refractivity contribution in [1.29, 1.82) is 0 Å². The molecule has 148 valence electrons. The Morgan fingerprint density at radius 1 is 1.14 bits per heavy atom. The zero-order chi connectivity index (χ0) is 20.4. The van der Waals surface area contributed by atoms with Crippen LogP contribution in [0.5, 0.6) is 0 Å². The number of anilines is 1. The third kappa shape index (κ3) is 4.03. The summed E-state index contributed by atoms with van der Waals surface area (Å²) in [6.07, 6.45) is 0.727. The van der Waals surface area contributed by atoms with Gasteiger partial charge in [0.1, 0.15) is 11.0 Å². The number of benzene rings is 1. The standard InChI is InChI=1S/C20H16ClN3O4S/c21-16-8-10-29-18(16)19(26)22-11-15-12-24(20(27)28-15)14-6-4-13(5-7-14)23-9-2-1-3-17(23)25/h1-10,15H,11-12H2,(H,22,26)/t15-/m0/s1. The van der Waals surface area contributed by atoms with Crippen LogP contribution < -0.4 is 15.8 Å². The quantitative estimate of drug-likeness (QED) is 0.674. The Kier molecular flexibility index (Phi) is 5.37. The first-order valence-electron chi connectivity index (χ1n) is 8.80. The molecule has 1 aliphatic rings. The number of thiophene rings is 1. The number of halogens is 1. The van der Waals surface area contributed by atoms with Crippen LogP contribution in [0.1, 0.15) is 9.67 Å². The van der Waals surface area contributed by atoms with Gasteiger partial charge in [-0.25, -0.2) is 4.79 Å². The molecule has 1 N–H and O–H groups in total. The van der Waals surface area contributed by atoms with E-state index in [1.54, 1.807) is 54.0 Å². The molecular weight excluding hydrogens is 414 g/mol. The molecule has 29 heavy (non-hydrogen) atoms. The molecule has 1 aromatic carbocycles. The molecule has 1 fully saturated rings. The largest absolute Gasteiger partial charge is 0.442 e. The Hall–Kier alpha value is -3.10. The molecule has 1 saturated heterocycles. The first-order chi connectivity index (χ1) is 14.0. The summed E-state index contributed by atoms with van der Waals surface area (Å²) in [7, 11) is 0. The van der Waals surface area contributed by atoms with Gasteiger partial charge in [-0.2, -0.15) is 0 Å². The van der Waals surface area contributed by atoms with Gasteiger partial charge in [-0.05, 0) is 41.8 Å². The van der Waals surface area contributed by atoms with E-state index in [0.717, 1.165) is 0 Å². The number of pyridine rings is 1. The van der Waals surface area contributed by atoms with E-state index < -0.39 is 12.2 Å². The van der Waals surface area contributed by atoms with E-state index in [1.165, 1.54) is 26.9 Å². The zero-order valence-electron chi connectivity index (χ0n) is 15.1. The van der Waals surface area contributed by atoms with E-state index in [2.05, 4.69) is 5.32 Å². The van der Waals surface area contributed by atoms with E-state index in [0.29, 0.717) is 27.8 Å². The van der Waals surface area contributed by atoms with Gasteiger partial charge < -0.3 is 10.1 Å². The Morgan fingerprint density at radius 3 is 2.59 bits per heavy atom. The number of carbonyl (C=O) groups excluding carboxylic acids is 2. The Bertz CT molecular complexity index is 1110. The summed E-state index contributed by atoms with van der Waals surface area (Å²) in [4.78, 5) is 38.2. The third-order valence-corrected chi connectivity index (χ3v) is 5.79. The molecule has 7 nitrogen and oxygen atoms in total. The van der Waals surface area contributed by atoms with Crippen molar-refractivity contribution in [3.8, 4) is 5.69 Å². The molecule has 1 atom stereocenters. The summed E-state index contributed by atoms with van der Waals surface area (Å²) in [5, 5.41) is 4.88. The molecule has 1 aliphatic heterocycles. The number of ether oxygens (including phenoxy) is 1. The van der Waals surface area contributed by atoms with Crippen LogP contribution in [-0.4, -0.2) is 35.8 Å². The summed E-state index contributed by atoms with van der Waals surface area (Å²) in [5.41, 5.74) is 1.21. The Labute approximate surface area is 175 Å². The molecule has 0 saturated carbocycles. The Morgan fingerprint density at radius 2 is 1.90 bits per heavy atom. The summed E-state index contributed by atoms with van der Waals surface area (Å²) < 4.78 is 6.86. The van der Waals surface area contributed by atoms with Gasteiger partial charge in [-0.1, -0.05) is 17.7 Å². The lowest BCUT2D eigenvalue weighted by Gasteiger charge is -2.14. The highest BCUT2D eigenvalue weighted by Crippen LogP contribution is 2.24. The first-order valence-corrected chi connectivity index (χ1v) is 10.1. The predicted octanol–water partition coefficient (Wildman–Crippen LogP) is 3.31. The van der Waals surface area contributed by atoms with E-state index in [9.17, 15) is 14.4 Å². The number of nitrogens with zero attached hydrogens (tertiary/aromatic N) is 2. The van der Waals surface area contributed by atoms with Crippen molar-refractivity contribution >= 4 is 40.6 Å². The molecule has 0 unspecified atom stereocenters. The normalized spacial score (nSPS) is 16.0. The molecule has 0 radical (unpaired) electrons. The maximum atomic E-state index is 12.2. The molecular formula is C20H16ClN3O4S. The number of carbonyl (C=O) groups is 2. The second-order valence-corrected chi connectivity index (χ2v) is 7.67. The highest BCUT2D eigenvalue weighted by molar-refractivity contribution is 7.12. The van der Waals surface area contributed by atoms with E-state index in [4.69, 9.17) is 16.3 Å². The molecule has 2 amide bonds. The fourth-order valence-electron chi connectivity index (χ4n) is 3.02. The fourth-order valence-corrected chi connectivity index (χ4v) is 4.07. The van der Waals surface area contributed by atoms with Crippen molar-refractivity contribution in [3.63, 3.8) is 0 Å². The van der Waals surface area contributed by atoms with Crippen LogP contribution >= 0.6 is 22.9 Å². The summed E-state index contributed by atoms with van der Waals surface area (Å²) in [5.74, 6) is -0.294. The Balaban J connectivity index is 1.40. The second-order valence-electron chi connectivity index (χ2n) is 6.35. The van der Waals surface area contributed by atoms with Gasteiger partial charge in [0.05, 0.1) is 18.1 Å². The minimum atomic E-state index is -0.483. The van der Waals surface area contributed by atoms with Gasteiger partial charge in [-0.3, -0.25) is 19.1 Å². The monoisotopic (exact) mass is 429 g/mol. The van der Waals surface area contributed by atoms with Crippen LogP contribution in [0.3, 0.4) is 0 Å². The van der Waals surface area contributed by atoms with Crippen molar-refractivity contribution in [1.82, 2.24) is 9.88 Å². The lowest BCUT2D eigenvalue weighted by Crippen LogP contribution is -2.34. The van der Waals surface area contributed by atoms with Gasteiger partial charge in [0.25, 0.3) is 11.5 Å². The van der Waals surface area contributed by atoms with E-state index in [1.807, 2.05) is 0 Å². The van der Waals surface area contributed by atoms with Crippen molar-refractivity contribution in [3.05, 3.63) is 80.4 Å². The van der Waals surface area contributed by atoms with Crippen LogP contribution in [0.4, 0.5) is 10.5 Å². The fraction of sp³-hybridized carbons (Fsp3) is 0.150. The highest BCUT2D eigenvalue weighted by atomic mass is 35.5. The van der Waals surface area contributed by atoms with Gasteiger partial charge in [0.2, 0.25) is 0 Å². The molecule has 3 heterocycles. The second kappa shape index (κ2) is 8.10. The van der Waals surface area contributed by atoms with Crippen LogP contribution in [-0.2, 0) is 4.74 Å². The zero-order valence-corrected chi connectivity index (χ0v) is 16.7. The number of aromatic nitrogens is 1. The van der Waals surface area contributed by atoms with Gasteiger partial charge >= 0.3 is 6.09 Å². The van der Waals surface area contributed by atoms with Crippen LogP contribution in [0.25, 0.3) is 5.69 Å². The molecule has 0 aliphatic carbocycles. The first kappa shape index (κ1) is 19.2. The summed E-state index contributed by atoms with van der Waals surface area (Å²) >= 11 is 7.21. The van der Waals surface area contributed by atoms with E-state index >= 15 is 0 Å². The predicted molar refractivity (Wildman–Crippen MR) is 111 cm³/mol. The van der Waals surface area contributed by atoms with Gasteiger partial charge in [0, 0.05) is 23.6 Å². The van der Waals surface area contributed by atoms with E-state index in [-0.39, 0.29) is 18.0 Å².